The van der Waals surface area contributed by atoms with Crippen molar-refractivity contribution in [3.63, 3.8) is 0 Å². The van der Waals surface area contributed by atoms with Crippen LogP contribution in [0.4, 0.5) is 0 Å². The van der Waals surface area contributed by atoms with E-state index in [4.69, 9.17) is 5.73 Å². The number of piperazine rings is 1. The van der Waals surface area contributed by atoms with Crippen molar-refractivity contribution in [2.75, 3.05) is 26.7 Å². The molecule has 1 fully saturated rings. The molecule has 0 radical (unpaired) electrons. The average molecular weight is 228 g/mol. The van der Waals surface area contributed by atoms with E-state index in [1.165, 1.54) is 0 Å². The lowest BCUT2D eigenvalue weighted by molar-refractivity contribution is -0.121. The summed E-state index contributed by atoms with van der Waals surface area (Å²) >= 11 is 0. The zero-order valence-electron chi connectivity index (χ0n) is 10.7. The summed E-state index contributed by atoms with van der Waals surface area (Å²) in [5.74, 6) is -0.278. The molecule has 16 heavy (non-hydrogen) atoms. The van der Waals surface area contributed by atoms with Crippen molar-refractivity contribution < 1.29 is 4.79 Å². The molecule has 5 nitrogen and oxygen atoms in total. The molecule has 0 aromatic rings. The number of likely N-dealkylation sites (N-methyl/N-ethyl adjacent to an activating group) is 1. The van der Waals surface area contributed by atoms with Crippen LogP contribution in [-0.4, -0.2) is 55.1 Å². The van der Waals surface area contributed by atoms with E-state index in [0.29, 0.717) is 0 Å². The topological polar surface area (TPSA) is 70.4 Å². The van der Waals surface area contributed by atoms with Gasteiger partial charge in [0.25, 0.3) is 0 Å². The van der Waals surface area contributed by atoms with E-state index in [2.05, 4.69) is 43.4 Å². The minimum absolute atomic E-state index is 0.0930. The Labute approximate surface area is 97.7 Å². The summed E-state index contributed by atoms with van der Waals surface area (Å²) in [5.41, 5.74) is 5.48. The van der Waals surface area contributed by atoms with E-state index in [1.807, 2.05) is 0 Å². The summed E-state index contributed by atoms with van der Waals surface area (Å²) in [6, 6.07) is -0.172. The molecule has 1 rings (SSSR count). The highest BCUT2D eigenvalue weighted by Crippen LogP contribution is 2.12. The normalized spacial score (nSPS) is 27.1. The van der Waals surface area contributed by atoms with Crippen molar-refractivity contribution in [3.8, 4) is 0 Å². The number of nitrogens with zero attached hydrogens (tertiary/aromatic N) is 1. The molecule has 0 aromatic heterocycles. The minimum Gasteiger partial charge on any atom is -0.368 e. The van der Waals surface area contributed by atoms with Gasteiger partial charge >= 0.3 is 0 Å². The fourth-order valence-electron chi connectivity index (χ4n) is 1.78. The van der Waals surface area contributed by atoms with Crippen molar-refractivity contribution in [2.24, 2.45) is 5.73 Å². The Kier molecular flexibility index (Phi) is 4.29. The van der Waals surface area contributed by atoms with E-state index in [-0.39, 0.29) is 23.5 Å². The Morgan fingerprint density at radius 2 is 1.94 bits per heavy atom. The van der Waals surface area contributed by atoms with Crippen molar-refractivity contribution in [2.45, 2.75) is 38.4 Å². The molecule has 0 saturated carbocycles. The number of carbonyl (C=O) groups is 1. The number of amides is 1. The van der Waals surface area contributed by atoms with E-state index >= 15 is 0 Å². The molecule has 0 spiro atoms. The third-order valence-electron chi connectivity index (χ3n) is 3.22. The fourth-order valence-corrected chi connectivity index (χ4v) is 1.78. The standard InChI is InChI=1S/C11H24N4O/c1-11(2,3)15(4)7-8-9(10(12)16)14-6-5-13-8/h8-9,13-14H,5-7H2,1-4H3,(H2,12,16). The maximum absolute atomic E-state index is 11.3. The van der Waals surface area contributed by atoms with Gasteiger partial charge in [-0.3, -0.25) is 9.69 Å². The molecule has 4 N–H and O–H groups in total. The second-order valence-corrected chi connectivity index (χ2v) is 5.45. The highest BCUT2D eigenvalue weighted by Gasteiger charge is 2.31. The van der Waals surface area contributed by atoms with Crippen molar-refractivity contribution in [3.05, 3.63) is 0 Å². The van der Waals surface area contributed by atoms with Gasteiger partial charge in [-0.15, -0.1) is 0 Å². The zero-order chi connectivity index (χ0) is 12.3. The van der Waals surface area contributed by atoms with Gasteiger partial charge in [0.15, 0.2) is 0 Å². The van der Waals surface area contributed by atoms with Gasteiger partial charge in [-0.1, -0.05) is 0 Å². The fraction of sp³-hybridized carbons (Fsp3) is 0.909. The molecule has 94 valence electrons. The lowest BCUT2D eigenvalue weighted by atomic mass is 10.0. The van der Waals surface area contributed by atoms with Gasteiger partial charge in [-0.2, -0.15) is 0 Å². The van der Waals surface area contributed by atoms with Crippen LogP contribution < -0.4 is 16.4 Å². The molecular weight excluding hydrogens is 204 g/mol. The van der Waals surface area contributed by atoms with Gasteiger partial charge in [0.05, 0.1) is 0 Å². The van der Waals surface area contributed by atoms with Crippen LogP contribution in [0.3, 0.4) is 0 Å². The number of primary amides is 1. The molecule has 0 aliphatic carbocycles. The van der Waals surface area contributed by atoms with Crippen molar-refractivity contribution in [1.29, 1.82) is 0 Å². The lowest BCUT2D eigenvalue weighted by Crippen LogP contribution is -2.64. The molecular formula is C11H24N4O. The Balaban J connectivity index is 2.59. The Morgan fingerprint density at radius 1 is 1.38 bits per heavy atom. The first-order valence-corrected chi connectivity index (χ1v) is 5.79. The summed E-state index contributed by atoms with van der Waals surface area (Å²) in [4.78, 5) is 13.5. The van der Waals surface area contributed by atoms with Gasteiger partial charge in [0, 0.05) is 31.2 Å². The summed E-state index contributed by atoms with van der Waals surface area (Å²) in [5, 5.41) is 6.51. The molecule has 1 amide bonds. The predicted octanol–water partition coefficient (Wildman–Crippen LogP) is -0.868. The lowest BCUT2D eigenvalue weighted by Gasteiger charge is -2.39. The predicted molar refractivity (Wildman–Crippen MR) is 65.2 cm³/mol. The average Bonchev–Trinajstić information content (AvgIpc) is 2.16. The number of nitrogens with two attached hydrogens (primary N) is 1. The summed E-state index contributed by atoms with van der Waals surface area (Å²) in [7, 11) is 2.06. The van der Waals surface area contributed by atoms with E-state index < -0.39 is 0 Å². The smallest absolute Gasteiger partial charge is 0.236 e. The van der Waals surface area contributed by atoms with Crippen LogP contribution >= 0.6 is 0 Å². The molecule has 0 aromatic carbocycles. The van der Waals surface area contributed by atoms with Gasteiger partial charge in [-0.05, 0) is 27.8 Å². The van der Waals surface area contributed by atoms with Gasteiger partial charge < -0.3 is 16.4 Å². The van der Waals surface area contributed by atoms with Crippen molar-refractivity contribution >= 4 is 5.91 Å². The first kappa shape index (κ1) is 13.4. The highest BCUT2D eigenvalue weighted by atomic mass is 16.1. The molecule has 0 bridgehead atoms. The first-order valence-electron chi connectivity index (χ1n) is 5.79. The number of hydrogen-bond acceptors (Lipinski definition) is 4. The quantitative estimate of drug-likeness (QED) is 0.587. The van der Waals surface area contributed by atoms with Crippen molar-refractivity contribution in [1.82, 2.24) is 15.5 Å². The third kappa shape index (κ3) is 3.43. The SMILES string of the molecule is CN(CC1NCCNC1C(N)=O)C(C)(C)C. The molecule has 5 heteroatoms. The van der Waals surface area contributed by atoms with Crippen LogP contribution in [-0.2, 0) is 4.79 Å². The molecule has 2 unspecified atom stereocenters. The van der Waals surface area contributed by atoms with Crippen LogP contribution in [0.5, 0.6) is 0 Å². The number of hydrogen-bond donors (Lipinski definition) is 3. The number of nitrogens with one attached hydrogen (secondary N) is 2. The summed E-state index contributed by atoms with van der Waals surface area (Å²) < 4.78 is 0. The molecule has 1 heterocycles. The molecule has 1 aliphatic rings. The van der Waals surface area contributed by atoms with Crippen LogP contribution in [0, 0.1) is 0 Å². The van der Waals surface area contributed by atoms with Gasteiger partial charge in [0.2, 0.25) is 5.91 Å². The highest BCUT2D eigenvalue weighted by molar-refractivity contribution is 5.80. The minimum atomic E-state index is -0.278. The van der Waals surface area contributed by atoms with Gasteiger partial charge in [-0.25, -0.2) is 0 Å². The Hall–Kier alpha value is -0.650. The Bertz CT molecular complexity index is 249. The van der Waals surface area contributed by atoms with Crippen LogP contribution in [0.15, 0.2) is 0 Å². The number of rotatable bonds is 3. The van der Waals surface area contributed by atoms with E-state index in [9.17, 15) is 4.79 Å². The maximum Gasteiger partial charge on any atom is 0.236 e. The molecule has 1 saturated heterocycles. The van der Waals surface area contributed by atoms with Crippen LogP contribution in [0.2, 0.25) is 0 Å². The molecule has 1 aliphatic heterocycles. The first-order chi connectivity index (χ1) is 7.32. The maximum atomic E-state index is 11.3. The second kappa shape index (κ2) is 5.12. The zero-order valence-corrected chi connectivity index (χ0v) is 10.7. The molecule has 2 atom stereocenters. The van der Waals surface area contributed by atoms with Crippen LogP contribution in [0.1, 0.15) is 20.8 Å². The summed E-state index contributed by atoms with van der Waals surface area (Å²) in [6.45, 7) is 8.95. The third-order valence-corrected chi connectivity index (χ3v) is 3.22. The van der Waals surface area contributed by atoms with E-state index in [1.54, 1.807) is 0 Å². The monoisotopic (exact) mass is 228 g/mol. The number of carbonyl (C=O) groups excluding carboxylic acids is 1. The van der Waals surface area contributed by atoms with E-state index in [0.717, 1.165) is 19.6 Å². The van der Waals surface area contributed by atoms with Gasteiger partial charge in [0.1, 0.15) is 6.04 Å². The second-order valence-electron chi connectivity index (χ2n) is 5.45. The Morgan fingerprint density at radius 3 is 2.44 bits per heavy atom. The largest absolute Gasteiger partial charge is 0.368 e. The van der Waals surface area contributed by atoms with Crippen LogP contribution in [0.25, 0.3) is 0 Å². The summed E-state index contributed by atoms with van der Waals surface area (Å²) in [6.07, 6.45) is 0.